The molecule has 2 aliphatic rings. The summed E-state index contributed by atoms with van der Waals surface area (Å²) in [6, 6.07) is 0.552. The number of hydrogen-bond donors (Lipinski definition) is 2. The number of hydrogen-bond acceptors (Lipinski definition) is 3. The minimum absolute atomic E-state index is 0. The van der Waals surface area contributed by atoms with E-state index < -0.39 is 0 Å². The summed E-state index contributed by atoms with van der Waals surface area (Å²) in [5.41, 5.74) is 0. The number of nitrogens with one attached hydrogen (secondary N) is 2. The average molecular weight is 298 g/mol. The van der Waals surface area contributed by atoms with Crippen LogP contribution in [-0.4, -0.2) is 50.1 Å². The molecule has 2 heterocycles. The van der Waals surface area contributed by atoms with Gasteiger partial charge in [0.1, 0.15) is 0 Å². The molecular formula is C12H25Cl2N3O. The van der Waals surface area contributed by atoms with Crippen LogP contribution in [0.2, 0.25) is 0 Å². The Bertz CT molecular complexity index is 262. The standard InChI is InChI=1S/C12H23N3O.2ClH/c1-9(10-6-13-7-10)12(16)14-8-11-4-3-5-15(11)2;;/h9-11,13H,3-8H2,1-2H3,(H,14,16);2*1H. The quantitative estimate of drug-likeness (QED) is 0.810. The lowest BCUT2D eigenvalue weighted by Crippen LogP contribution is -2.50. The van der Waals surface area contributed by atoms with E-state index in [0.717, 1.165) is 19.6 Å². The summed E-state index contributed by atoms with van der Waals surface area (Å²) < 4.78 is 0. The highest BCUT2D eigenvalue weighted by molar-refractivity contribution is 5.85. The minimum Gasteiger partial charge on any atom is -0.354 e. The second-order valence-corrected chi connectivity index (χ2v) is 5.23. The van der Waals surface area contributed by atoms with Crippen molar-refractivity contribution in [3.05, 3.63) is 0 Å². The van der Waals surface area contributed by atoms with E-state index in [1.54, 1.807) is 0 Å². The third-order valence-electron chi connectivity index (χ3n) is 4.12. The van der Waals surface area contributed by atoms with Crippen LogP contribution in [0, 0.1) is 11.8 Å². The van der Waals surface area contributed by atoms with Crippen LogP contribution in [0.15, 0.2) is 0 Å². The van der Waals surface area contributed by atoms with Crippen LogP contribution in [0.4, 0.5) is 0 Å². The molecule has 0 spiro atoms. The van der Waals surface area contributed by atoms with E-state index >= 15 is 0 Å². The molecule has 2 rings (SSSR count). The maximum absolute atomic E-state index is 11.9. The van der Waals surface area contributed by atoms with Gasteiger partial charge in [-0.15, -0.1) is 24.8 Å². The third-order valence-corrected chi connectivity index (χ3v) is 4.12. The lowest BCUT2D eigenvalue weighted by Gasteiger charge is -2.32. The average Bonchev–Trinajstić information content (AvgIpc) is 2.57. The topological polar surface area (TPSA) is 44.4 Å². The van der Waals surface area contributed by atoms with Crippen LogP contribution >= 0.6 is 24.8 Å². The van der Waals surface area contributed by atoms with E-state index in [-0.39, 0.29) is 36.6 Å². The highest BCUT2D eigenvalue weighted by Crippen LogP contribution is 2.17. The summed E-state index contributed by atoms with van der Waals surface area (Å²) in [6.07, 6.45) is 2.48. The molecule has 2 N–H and O–H groups in total. The van der Waals surface area contributed by atoms with Gasteiger partial charge in [-0.3, -0.25) is 4.79 Å². The maximum Gasteiger partial charge on any atom is 0.223 e. The normalized spacial score (nSPS) is 25.6. The first-order chi connectivity index (χ1) is 7.68. The predicted molar refractivity (Wildman–Crippen MR) is 78.7 cm³/mol. The van der Waals surface area contributed by atoms with Gasteiger partial charge in [-0.05, 0) is 45.4 Å². The first-order valence-electron chi connectivity index (χ1n) is 6.37. The highest BCUT2D eigenvalue weighted by Gasteiger charge is 2.29. The zero-order valence-corrected chi connectivity index (χ0v) is 12.8. The Morgan fingerprint density at radius 1 is 1.44 bits per heavy atom. The second-order valence-electron chi connectivity index (χ2n) is 5.23. The van der Waals surface area contributed by atoms with Crippen molar-refractivity contribution in [1.82, 2.24) is 15.5 Å². The van der Waals surface area contributed by atoms with Crippen LogP contribution in [0.1, 0.15) is 19.8 Å². The van der Waals surface area contributed by atoms with Crippen molar-refractivity contribution in [2.45, 2.75) is 25.8 Å². The van der Waals surface area contributed by atoms with Gasteiger partial charge in [0.05, 0.1) is 0 Å². The number of carbonyl (C=O) groups excluding carboxylic acids is 1. The molecule has 0 aromatic rings. The van der Waals surface area contributed by atoms with Crippen molar-refractivity contribution in [2.24, 2.45) is 11.8 Å². The summed E-state index contributed by atoms with van der Waals surface area (Å²) in [7, 11) is 2.14. The molecule has 0 saturated carbocycles. The molecular weight excluding hydrogens is 273 g/mol. The van der Waals surface area contributed by atoms with Crippen LogP contribution in [0.3, 0.4) is 0 Å². The molecule has 18 heavy (non-hydrogen) atoms. The molecule has 0 aromatic heterocycles. The van der Waals surface area contributed by atoms with E-state index in [2.05, 4.69) is 22.6 Å². The van der Waals surface area contributed by atoms with Crippen LogP contribution in [0.5, 0.6) is 0 Å². The molecule has 2 atom stereocenters. The molecule has 2 aliphatic heterocycles. The Labute approximate surface area is 122 Å². The van der Waals surface area contributed by atoms with Gasteiger partial charge in [-0.25, -0.2) is 0 Å². The van der Waals surface area contributed by atoms with Crippen molar-refractivity contribution >= 4 is 30.7 Å². The second kappa shape index (κ2) is 8.20. The maximum atomic E-state index is 11.9. The predicted octanol–water partition coefficient (Wildman–Crippen LogP) is 0.896. The van der Waals surface area contributed by atoms with E-state index in [1.807, 2.05) is 6.92 Å². The molecule has 2 unspecified atom stereocenters. The lowest BCUT2D eigenvalue weighted by molar-refractivity contribution is -0.126. The largest absolute Gasteiger partial charge is 0.354 e. The third kappa shape index (κ3) is 4.26. The van der Waals surface area contributed by atoms with Crippen LogP contribution < -0.4 is 10.6 Å². The van der Waals surface area contributed by atoms with Crippen LogP contribution in [0.25, 0.3) is 0 Å². The van der Waals surface area contributed by atoms with Crippen molar-refractivity contribution in [1.29, 1.82) is 0 Å². The molecule has 6 heteroatoms. The van der Waals surface area contributed by atoms with E-state index in [1.165, 1.54) is 19.4 Å². The highest BCUT2D eigenvalue weighted by atomic mass is 35.5. The van der Waals surface area contributed by atoms with Gasteiger partial charge in [-0.2, -0.15) is 0 Å². The number of carbonyl (C=O) groups is 1. The fourth-order valence-electron chi connectivity index (χ4n) is 2.50. The fraction of sp³-hybridized carbons (Fsp3) is 0.917. The van der Waals surface area contributed by atoms with Gasteiger partial charge in [0, 0.05) is 18.5 Å². The van der Waals surface area contributed by atoms with Gasteiger partial charge in [-0.1, -0.05) is 6.92 Å². The summed E-state index contributed by atoms with van der Waals surface area (Å²) in [6.45, 7) is 6.03. The summed E-state index contributed by atoms with van der Waals surface area (Å²) >= 11 is 0. The number of likely N-dealkylation sites (tertiary alicyclic amines) is 1. The Kier molecular flexibility index (Phi) is 8.19. The number of likely N-dealkylation sites (N-methyl/N-ethyl adjacent to an activating group) is 1. The van der Waals surface area contributed by atoms with Crippen molar-refractivity contribution in [3.8, 4) is 0 Å². The molecule has 0 aliphatic carbocycles. The number of nitrogens with zero attached hydrogens (tertiary/aromatic N) is 1. The fourth-order valence-corrected chi connectivity index (χ4v) is 2.50. The molecule has 108 valence electrons. The minimum atomic E-state index is 0. The summed E-state index contributed by atoms with van der Waals surface area (Å²) in [5.74, 6) is 0.932. The van der Waals surface area contributed by atoms with Crippen LogP contribution in [-0.2, 0) is 4.79 Å². The van der Waals surface area contributed by atoms with Crippen molar-refractivity contribution in [3.63, 3.8) is 0 Å². The zero-order chi connectivity index (χ0) is 11.5. The molecule has 0 bridgehead atoms. The number of amides is 1. The number of halogens is 2. The van der Waals surface area contributed by atoms with Crippen molar-refractivity contribution in [2.75, 3.05) is 33.2 Å². The van der Waals surface area contributed by atoms with Gasteiger partial charge in [0.2, 0.25) is 5.91 Å². The molecule has 4 nitrogen and oxygen atoms in total. The molecule has 1 amide bonds. The Morgan fingerprint density at radius 2 is 2.11 bits per heavy atom. The Balaban J connectivity index is 0.00000144. The summed E-state index contributed by atoms with van der Waals surface area (Å²) in [4.78, 5) is 14.2. The molecule has 0 aromatic carbocycles. The van der Waals surface area contributed by atoms with Gasteiger partial charge < -0.3 is 15.5 Å². The zero-order valence-electron chi connectivity index (χ0n) is 11.1. The molecule has 2 saturated heterocycles. The first kappa shape index (κ1) is 18.0. The smallest absolute Gasteiger partial charge is 0.223 e. The molecule has 0 radical (unpaired) electrons. The Hall–Kier alpha value is -0.0300. The van der Waals surface area contributed by atoms with E-state index in [4.69, 9.17) is 0 Å². The van der Waals surface area contributed by atoms with Gasteiger partial charge in [0.25, 0.3) is 0 Å². The lowest BCUT2D eigenvalue weighted by atomic mass is 9.88. The van der Waals surface area contributed by atoms with Gasteiger partial charge in [0.15, 0.2) is 0 Å². The summed E-state index contributed by atoms with van der Waals surface area (Å²) in [5, 5.41) is 6.31. The first-order valence-corrected chi connectivity index (χ1v) is 6.37. The SMILES string of the molecule is CC(C(=O)NCC1CCCN1C)C1CNC1.Cl.Cl. The number of rotatable bonds is 4. The van der Waals surface area contributed by atoms with E-state index in [9.17, 15) is 4.79 Å². The van der Waals surface area contributed by atoms with Crippen molar-refractivity contribution < 1.29 is 4.79 Å². The Morgan fingerprint density at radius 3 is 2.56 bits per heavy atom. The monoisotopic (exact) mass is 297 g/mol. The molecule has 2 fully saturated rings. The van der Waals surface area contributed by atoms with E-state index in [0.29, 0.717) is 12.0 Å². The van der Waals surface area contributed by atoms with Gasteiger partial charge >= 0.3 is 0 Å².